The number of nitro groups is 1. The Hall–Kier alpha value is -1.31. The van der Waals surface area contributed by atoms with Crippen molar-refractivity contribution in [2.45, 2.75) is 12.8 Å². The third-order valence-corrected chi connectivity index (χ3v) is 2.05. The van der Waals surface area contributed by atoms with Gasteiger partial charge in [0.25, 0.3) is 6.36 Å². The number of halogens is 4. The van der Waals surface area contributed by atoms with Gasteiger partial charge >= 0.3 is 12.1 Å². The summed E-state index contributed by atoms with van der Waals surface area (Å²) in [5, 5.41) is 10.5. The van der Waals surface area contributed by atoms with E-state index in [1.807, 2.05) is 0 Å². The van der Waals surface area contributed by atoms with Gasteiger partial charge in [0, 0.05) is 10.5 Å². The second-order valence-corrected chi connectivity index (χ2v) is 3.59. The summed E-state index contributed by atoms with van der Waals surface area (Å²) < 4.78 is 40.7. The van der Waals surface area contributed by atoms with Crippen molar-refractivity contribution in [2.24, 2.45) is 0 Å². The minimum Gasteiger partial charge on any atom is -0.447 e. The molecule has 1 aromatic carbocycles. The molecule has 0 saturated heterocycles. The third-order valence-electron chi connectivity index (χ3n) is 1.56. The highest BCUT2D eigenvalue weighted by molar-refractivity contribution is 9.10. The molecule has 1 aromatic rings. The van der Waals surface area contributed by atoms with Crippen LogP contribution in [0.15, 0.2) is 22.7 Å². The Kier molecular flexibility index (Phi) is 4.11. The lowest BCUT2D eigenvalue weighted by Gasteiger charge is -2.10. The van der Waals surface area contributed by atoms with Gasteiger partial charge in [-0.05, 0) is 12.1 Å². The normalized spacial score (nSPS) is 12.6. The van der Waals surface area contributed by atoms with Crippen LogP contribution in [-0.2, 0) is 0 Å². The van der Waals surface area contributed by atoms with E-state index in [4.69, 9.17) is 0 Å². The molecule has 0 aliphatic heterocycles. The van der Waals surface area contributed by atoms with Crippen LogP contribution in [0, 0.1) is 10.1 Å². The van der Waals surface area contributed by atoms with Gasteiger partial charge in [0.15, 0.2) is 0 Å². The molecule has 0 heterocycles. The summed E-state index contributed by atoms with van der Waals surface area (Å²) in [6.45, 7) is 0. The Morgan fingerprint density at radius 1 is 1.38 bits per heavy atom. The molecule has 0 amide bonds. The van der Waals surface area contributed by atoms with Crippen LogP contribution in [0.1, 0.15) is 0 Å². The fourth-order valence-corrected chi connectivity index (χ4v) is 1.25. The average Bonchev–Trinajstić information content (AvgIpc) is 2.20. The molecule has 8 heteroatoms. The van der Waals surface area contributed by atoms with Crippen LogP contribution in [0.4, 0.5) is 18.9 Å². The van der Waals surface area contributed by atoms with Crippen molar-refractivity contribution in [2.75, 3.05) is 0 Å². The van der Waals surface area contributed by atoms with E-state index in [-0.39, 0.29) is 0 Å². The number of rotatable bonds is 4. The van der Waals surface area contributed by atoms with Gasteiger partial charge in [0.1, 0.15) is 0 Å². The van der Waals surface area contributed by atoms with E-state index < -0.39 is 29.1 Å². The fraction of sp³-hybridized carbons (Fsp3) is 0.250. The number of ether oxygens (including phenoxy) is 1. The van der Waals surface area contributed by atoms with Gasteiger partial charge in [0.05, 0.1) is 4.92 Å². The van der Waals surface area contributed by atoms with E-state index in [9.17, 15) is 23.3 Å². The molecule has 1 rings (SSSR count). The van der Waals surface area contributed by atoms with Crippen molar-refractivity contribution < 1.29 is 22.8 Å². The smallest absolute Gasteiger partial charge is 0.312 e. The Balaban J connectivity index is 2.99. The van der Waals surface area contributed by atoms with Crippen molar-refractivity contribution in [1.82, 2.24) is 0 Å². The minimum absolute atomic E-state index is 0.360. The first-order chi connectivity index (χ1) is 7.41. The lowest BCUT2D eigenvalue weighted by Crippen LogP contribution is -2.20. The lowest BCUT2D eigenvalue weighted by molar-refractivity contribution is -0.386. The average molecular weight is 300 g/mol. The fourth-order valence-electron chi connectivity index (χ4n) is 0.906. The van der Waals surface area contributed by atoms with Crippen LogP contribution in [0.5, 0.6) is 5.75 Å². The number of hydrogen-bond donors (Lipinski definition) is 0. The molecular weight excluding hydrogens is 295 g/mol. The molecule has 0 aliphatic rings. The maximum atomic E-state index is 12.5. The zero-order valence-corrected chi connectivity index (χ0v) is 9.16. The first-order valence-corrected chi connectivity index (χ1v) is 4.74. The number of benzene rings is 1. The van der Waals surface area contributed by atoms with Gasteiger partial charge in [-0.1, -0.05) is 15.9 Å². The highest BCUT2D eigenvalue weighted by Gasteiger charge is 2.25. The van der Waals surface area contributed by atoms with E-state index in [0.29, 0.717) is 4.47 Å². The first-order valence-electron chi connectivity index (χ1n) is 3.94. The topological polar surface area (TPSA) is 52.4 Å². The quantitative estimate of drug-likeness (QED) is 0.633. The Morgan fingerprint density at radius 2 is 2.00 bits per heavy atom. The summed E-state index contributed by atoms with van der Waals surface area (Å²) in [4.78, 5) is 9.67. The van der Waals surface area contributed by atoms with Gasteiger partial charge in [-0.25, -0.2) is 8.78 Å². The highest BCUT2D eigenvalue weighted by atomic mass is 79.9. The molecule has 0 aromatic heterocycles. The van der Waals surface area contributed by atoms with E-state index >= 15 is 0 Å². The zero-order chi connectivity index (χ0) is 12.3. The van der Waals surface area contributed by atoms with E-state index in [1.165, 1.54) is 6.07 Å². The molecule has 16 heavy (non-hydrogen) atoms. The van der Waals surface area contributed by atoms with E-state index in [0.717, 1.165) is 12.1 Å². The summed E-state index contributed by atoms with van der Waals surface area (Å²) in [5.74, 6) is -0.541. The summed E-state index contributed by atoms with van der Waals surface area (Å²) in [6.07, 6.45) is -6.25. The number of nitrogens with zero attached hydrogens (tertiary/aromatic N) is 1. The standard InChI is InChI=1S/C8H5BrF3NO3/c9-4-1-2-6(5(3-4)13(14)15)16-8(12)7(10)11/h1-3,7-8H. The second kappa shape index (κ2) is 5.15. The minimum atomic E-state index is -3.36. The molecule has 1 unspecified atom stereocenters. The van der Waals surface area contributed by atoms with Gasteiger partial charge in [-0.2, -0.15) is 4.39 Å². The van der Waals surface area contributed by atoms with E-state index in [2.05, 4.69) is 20.7 Å². The van der Waals surface area contributed by atoms with Gasteiger partial charge in [-0.15, -0.1) is 0 Å². The summed E-state index contributed by atoms with van der Waals surface area (Å²) in [5.41, 5.74) is -0.585. The summed E-state index contributed by atoms with van der Waals surface area (Å²) in [7, 11) is 0. The third kappa shape index (κ3) is 3.09. The molecule has 0 radical (unpaired) electrons. The van der Waals surface area contributed by atoms with Crippen molar-refractivity contribution in [1.29, 1.82) is 0 Å². The molecule has 0 N–H and O–H groups in total. The predicted octanol–water partition coefficient (Wildman–Crippen LogP) is 3.30. The van der Waals surface area contributed by atoms with Crippen molar-refractivity contribution in [3.8, 4) is 5.75 Å². The number of alkyl halides is 3. The van der Waals surface area contributed by atoms with Crippen molar-refractivity contribution >= 4 is 21.6 Å². The van der Waals surface area contributed by atoms with Crippen molar-refractivity contribution in [3.63, 3.8) is 0 Å². The SMILES string of the molecule is O=[N+]([O-])c1cc(Br)ccc1OC(F)C(F)F. The monoisotopic (exact) mass is 299 g/mol. The lowest BCUT2D eigenvalue weighted by atomic mass is 10.3. The molecule has 0 saturated carbocycles. The Labute approximate surface area is 96.3 Å². The molecular formula is C8H5BrF3NO3. The van der Waals surface area contributed by atoms with Crippen LogP contribution in [0.2, 0.25) is 0 Å². The predicted molar refractivity (Wildman–Crippen MR) is 52.3 cm³/mol. The van der Waals surface area contributed by atoms with Crippen LogP contribution < -0.4 is 4.74 Å². The summed E-state index contributed by atoms with van der Waals surface area (Å²) >= 11 is 2.96. The molecule has 88 valence electrons. The molecule has 0 spiro atoms. The van der Waals surface area contributed by atoms with Crippen LogP contribution in [0.25, 0.3) is 0 Å². The Morgan fingerprint density at radius 3 is 2.50 bits per heavy atom. The molecule has 0 fully saturated rings. The number of hydrogen-bond acceptors (Lipinski definition) is 3. The van der Waals surface area contributed by atoms with Crippen LogP contribution in [-0.4, -0.2) is 17.7 Å². The molecule has 4 nitrogen and oxygen atoms in total. The van der Waals surface area contributed by atoms with Crippen LogP contribution in [0.3, 0.4) is 0 Å². The van der Waals surface area contributed by atoms with Crippen LogP contribution >= 0.6 is 15.9 Å². The largest absolute Gasteiger partial charge is 0.447 e. The summed E-state index contributed by atoms with van der Waals surface area (Å²) in [6, 6.07) is 3.39. The van der Waals surface area contributed by atoms with Crippen molar-refractivity contribution in [3.05, 3.63) is 32.8 Å². The van der Waals surface area contributed by atoms with E-state index in [1.54, 1.807) is 0 Å². The first kappa shape index (κ1) is 12.8. The molecule has 1 atom stereocenters. The number of nitro benzene ring substituents is 1. The maximum absolute atomic E-state index is 12.5. The maximum Gasteiger partial charge on any atom is 0.312 e. The molecule has 0 bridgehead atoms. The van der Waals surface area contributed by atoms with Gasteiger partial charge in [0.2, 0.25) is 5.75 Å². The Bertz CT molecular complexity index is 402. The zero-order valence-electron chi connectivity index (χ0n) is 7.57. The highest BCUT2D eigenvalue weighted by Crippen LogP contribution is 2.31. The van der Waals surface area contributed by atoms with Gasteiger partial charge in [-0.3, -0.25) is 10.1 Å². The second-order valence-electron chi connectivity index (χ2n) is 2.67. The molecule has 0 aliphatic carbocycles. The van der Waals surface area contributed by atoms with Gasteiger partial charge < -0.3 is 4.74 Å².